The van der Waals surface area contributed by atoms with E-state index in [0.717, 1.165) is 6.07 Å². The number of benzene rings is 2. The fourth-order valence-electron chi connectivity index (χ4n) is 2.91. The molecule has 0 aromatic heterocycles. The molecule has 0 aliphatic heterocycles. The van der Waals surface area contributed by atoms with Gasteiger partial charge in [-0.05, 0) is 68.0 Å². The lowest BCUT2D eigenvalue weighted by Crippen LogP contribution is -2.40. The van der Waals surface area contributed by atoms with E-state index in [-0.39, 0.29) is 43.5 Å². The van der Waals surface area contributed by atoms with Crippen LogP contribution in [0.2, 0.25) is 0 Å². The molecular weight excluding hydrogens is 476 g/mol. The Morgan fingerprint density at radius 3 is 2.06 bits per heavy atom. The lowest BCUT2D eigenvalue weighted by atomic mass is 9.94. The Labute approximate surface area is 194 Å². The molecule has 3 N–H and O–H groups in total. The standard InChI is InChI=1S/C22H25F6NO3.ClH/c1-20(29,14-30)11-10-16-6-9-19(18(13-16)21(23,24)25)31-12-2-3-15-4-7-17(8-5-15)32-22(26,27)28;/h4-9,13,30H,2-3,10-12,14,29H2,1H3;1H. The van der Waals surface area contributed by atoms with Gasteiger partial charge in [-0.25, -0.2) is 0 Å². The molecule has 2 rings (SSSR count). The normalized spacial score (nSPS) is 13.7. The highest BCUT2D eigenvalue weighted by Gasteiger charge is 2.35. The Morgan fingerprint density at radius 2 is 1.52 bits per heavy atom. The van der Waals surface area contributed by atoms with Crippen LogP contribution in [0.25, 0.3) is 0 Å². The Hall–Kier alpha value is -2.17. The number of ether oxygens (including phenoxy) is 2. The van der Waals surface area contributed by atoms with Crippen LogP contribution >= 0.6 is 12.4 Å². The molecule has 0 bridgehead atoms. The Balaban J connectivity index is 0.00000544. The molecule has 0 aliphatic rings. The number of hydrogen-bond donors (Lipinski definition) is 2. The van der Waals surface area contributed by atoms with Crippen molar-refractivity contribution in [1.29, 1.82) is 0 Å². The van der Waals surface area contributed by atoms with Crippen LogP contribution in [-0.2, 0) is 19.0 Å². The second-order valence-electron chi connectivity index (χ2n) is 7.78. The molecular formula is C22H26ClF6NO3. The molecule has 0 saturated carbocycles. The van der Waals surface area contributed by atoms with Crippen LogP contribution in [0.4, 0.5) is 26.3 Å². The summed E-state index contributed by atoms with van der Waals surface area (Å²) < 4.78 is 86.0. The minimum Gasteiger partial charge on any atom is -0.493 e. The maximum atomic E-state index is 13.5. The number of alkyl halides is 6. The molecule has 0 radical (unpaired) electrons. The quantitative estimate of drug-likeness (QED) is 0.325. The number of aliphatic hydroxyl groups excluding tert-OH is 1. The van der Waals surface area contributed by atoms with Gasteiger partial charge in [0.1, 0.15) is 11.5 Å². The van der Waals surface area contributed by atoms with Gasteiger partial charge in [-0.15, -0.1) is 25.6 Å². The summed E-state index contributed by atoms with van der Waals surface area (Å²) in [7, 11) is 0. The van der Waals surface area contributed by atoms with E-state index < -0.39 is 23.6 Å². The lowest BCUT2D eigenvalue weighted by molar-refractivity contribution is -0.274. The summed E-state index contributed by atoms with van der Waals surface area (Å²) in [6, 6.07) is 9.05. The fraction of sp³-hybridized carbons (Fsp3) is 0.455. The molecule has 33 heavy (non-hydrogen) atoms. The molecule has 2 aromatic rings. The van der Waals surface area contributed by atoms with E-state index in [4.69, 9.17) is 10.5 Å². The van der Waals surface area contributed by atoms with Gasteiger partial charge in [0.2, 0.25) is 0 Å². The van der Waals surface area contributed by atoms with Gasteiger partial charge in [-0.3, -0.25) is 0 Å². The number of aryl methyl sites for hydroxylation is 2. The summed E-state index contributed by atoms with van der Waals surface area (Å²) in [5.74, 6) is -0.644. The van der Waals surface area contributed by atoms with Gasteiger partial charge in [-0.2, -0.15) is 13.2 Å². The average molecular weight is 502 g/mol. The first-order chi connectivity index (χ1) is 14.8. The van der Waals surface area contributed by atoms with Crippen molar-refractivity contribution in [3.05, 3.63) is 59.2 Å². The molecule has 0 fully saturated rings. The summed E-state index contributed by atoms with van der Waals surface area (Å²) in [6.45, 7) is 1.33. The van der Waals surface area contributed by atoms with E-state index >= 15 is 0 Å². The zero-order chi connectivity index (χ0) is 24.0. The number of rotatable bonds is 10. The van der Waals surface area contributed by atoms with Crippen LogP contribution in [0.15, 0.2) is 42.5 Å². The highest BCUT2D eigenvalue weighted by Crippen LogP contribution is 2.37. The van der Waals surface area contributed by atoms with E-state index in [0.29, 0.717) is 30.4 Å². The molecule has 0 aliphatic carbocycles. The van der Waals surface area contributed by atoms with Crippen molar-refractivity contribution < 1.29 is 40.9 Å². The van der Waals surface area contributed by atoms with Gasteiger partial charge in [0, 0.05) is 5.54 Å². The molecule has 0 heterocycles. The minimum atomic E-state index is -4.77. The van der Waals surface area contributed by atoms with Crippen molar-refractivity contribution in [1.82, 2.24) is 0 Å². The lowest BCUT2D eigenvalue weighted by Gasteiger charge is -2.22. The van der Waals surface area contributed by atoms with Crippen LogP contribution in [0, 0.1) is 0 Å². The molecule has 2 aromatic carbocycles. The molecule has 4 nitrogen and oxygen atoms in total. The van der Waals surface area contributed by atoms with Crippen molar-refractivity contribution in [2.45, 2.75) is 50.7 Å². The fourth-order valence-corrected chi connectivity index (χ4v) is 2.91. The van der Waals surface area contributed by atoms with Gasteiger partial charge in [0.25, 0.3) is 0 Å². The Morgan fingerprint density at radius 1 is 0.909 bits per heavy atom. The molecule has 0 spiro atoms. The van der Waals surface area contributed by atoms with E-state index in [1.54, 1.807) is 6.92 Å². The number of halogens is 7. The van der Waals surface area contributed by atoms with Crippen LogP contribution in [0.1, 0.15) is 36.5 Å². The first-order valence-corrected chi connectivity index (χ1v) is 9.86. The third-order valence-corrected chi connectivity index (χ3v) is 4.72. The zero-order valence-electron chi connectivity index (χ0n) is 17.8. The van der Waals surface area contributed by atoms with Gasteiger partial charge in [-0.1, -0.05) is 18.2 Å². The second kappa shape index (κ2) is 11.8. The number of hydrogen-bond acceptors (Lipinski definition) is 4. The van der Waals surface area contributed by atoms with Gasteiger partial charge >= 0.3 is 12.5 Å². The predicted octanol–water partition coefficient (Wildman–Crippen LogP) is 5.68. The topological polar surface area (TPSA) is 64.7 Å². The van der Waals surface area contributed by atoms with Crippen molar-refractivity contribution in [2.75, 3.05) is 13.2 Å². The third kappa shape index (κ3) is 10.1. The third-order valence-electron chi connectivity index (χ3n) is 4.72. The SMILES string of the molecule is CC(N)(CO)CCc1ccc(OCCCc2ccc(OC(F)(F)F)cc2)c(C(F)(F)F)c1.Cl. The zero-order valence-corrected chi connectivity index (χ0v) is 18.6. The largest absolute Gasteiger partial charge is 0.573 e. The molecule has 1 unspecified atom stereocenters. The minimum absolute atomic E-state index is 0. The maximum Gasteiger partial charge on any atom is 0.573 e. The number of nitrogens with two attached hydrogens (primary N) is 1. The van der Waals surface area contributed by atoms with Gasteiger partial charge in [0.15, 0.2) is 0 Å². The smallest absolute Gasteiger partial charge is 0.493 e. The van der Waals surface area contributed by atoms with Crippen molar-refractivity contribution in [3.63, 3.8) is 0 Å². The highest BCUT2D eigenvalue weighted by molar-refractivity contribution is 5.85. The van der Waals surface area contributed by atoms with Crippen LogP contribution in [0.3, 0.4) is 0 Å². The van der Waals surface area contributed by atoms with Crippen molar-refractivity contribution >= 4 is 12.4 Å². The van der Waals surface area contributed by atoms with E-state index in [1.807, 2.05) is 0 Å². The summed E-state index contributed by atoms with van der Waals surface area (Å²) in [4.78, 5) is 0. The van der Waals surface area contributed by atoms with Crippen LogP contribution < -0.4 is 15.2 Å². The summed E-state index contributed by atoms with van der Waals surface area (Å²) >= 11 is 0. The van der Waals surface area contributed by atoms with Crippen LogP contribution in [0.5, 0.6) is 11.5 Å². The maximum absolute atomic E-state index is 13.5. The average Bonchev–Trinajstić information content (AvgIpc) is 2.69. The summed E-state index contributed by atoms with van der Waals surface area (Å²) in [5, 5.41) is 9.18. The van der Waals surface area contributed by atoms with Crippen LogP contribution in [-0.4, -0.2) is 30.2 Å². The number of aliphatic hydroxyl groups is 1. The highest BCUT2D eigenvalue weighted by atomic mass is 35.5. The summed E-state index contributed by atoms with van der Waals surface area (Å²) in [6.07, 6.45) is -8.03. The van der Waals surface area contributed by atoms with E-state index in [1.165, 1.54) is 36.4 Å². The van der Waals surface area contributed by atoms with Gasteiger partial charge < -0.3 is 20.3 Å². The summed E-state index contributed by atoms with van der Waals surface area (Å²) in [5.41, 5.74) is 5.17. The van der Waals surface area contributed by atoms with Crippen molar-refractivity contribution in [3.8, 4) is 11.5 Å². The second-order valence-corrected chi connectivity index (χ2v) is 7.78. The molecule has 11 heteroatoms. The van der Waals surface area contributed by atoms with E-state index in [2.05, 4.69) is 4.74 Å². The molecule has 186 valence electrons. The predicted molar refractivity (Wildman–Crippen MR) is 114 cm³/mol. The molecule has 1 atom stereocenters. The first kappa shape index (κ1) is 28.9. The van der Waals surface area contributed by atoms with Crippen molar-refractivity contribution in [2.24, 2.45) is 5.73 Å². The Bertz CT molecular complexity index is 870. The first-order valence-electron chi connectivity index (χ1n) is 9.86. The molecule has 0 amide bonds. The van der Waals surface area contributed by atoms with Gasteiger partial charge in [0.05, 0.1) is 18.8 Å². The Kier molecular flexibility index (Phi) is 10.3. The monoisotopic (exact) mass is 501 g/mol. The van der Waals surface area contributed by atoms with E-state index in [9.17, 15) is 31.4 Å². The molecule has 0 saturated heterocycles.